The summed E-state index contributed by atoms with van der Waals surface area (Å²) in [5.74, 6) is 0.548. The Balaban J connectivity index is 1.45. The van der Waals surface area contributed by atoms with Crippen molar-refractivity contribution in [3.8, 4) is 11.4 Å². The molecule has 2 fully saturated rings. The molecule has 2 aromatic heterocycles. The molecule has 8 nitrogen and oxygen atoms in total. The lowest BCUT2D eigenvalue weighted by molar-refractivity contribution is 0.122. The fourth-order valence-electron chi connectivity index (χ4n) is 5.25. The van der Waals surface area contributed by atoms with Crippen molar-refractivity contribution in [2.24, 2.45) is 5.73 Å². The number of benzene rings is 2. The summed E-state index contributed by atoms with van der Waals surface area (Å²) < 4.78 is 5.48. The molecule has 0 spiro atoms. The van der Waals surface area contributed by atoms with Gasteiger partial charge in [0, 0.05) is 41.3 Å². The molecular weight excluding hydrogens is 464 g/mol. The quantitative estimate of drug-likeness (QED) is 0.339. The van der Waals surface area contributed by atoms with Crippen LogP contribution in [0.25, 0.3) is 33.3 Å². The molecule has 3 heterocycles. The first-order chi connectivity index (χ1) is 17.0. The molecule has 9 heteroatoms. The third-order valence-electron chi connectivity index (χ3n) is 7.18. The number of pyridine rings is 1. The van der Waals surface area contributed by atoms with Gasteiger partial charge < -0.3 is 30.7 Å². The summed E-state index contributed by atoms with van der Waals surface area (Å²) in [4.78, 5) is 27.0. The van der Waals surface area contributed by atoms with Crippen molar-refractivity contribution in [3.05, 3.63) is 51.8 Å². The van der Waals surface area contributed by atoms with Gasteiger partial charge in [0.25, 0.3) is 5.56 Å². The van der Waals surface area contributed by atoms with E-state index < -0.39 is 0 Å². The van der Waals surface area contributed by atoms with Crippen molar-refractivity contribution >= 4 is 44.9 Å². The number of H-pyrrole nitrogens is 2. The standard InChI is InChI=1S/C26H29ClN6O2/c27-15-1-7-19-21(13-15)32-26(34)23(24(19)29-17-4-2-16(28)3-5-17)25-30-20-8-6-18(14-22(20)31-25)33-9-11-35-12-10-33/h1,6-8,13-14,16-17H,2-5,9-12,28H2,(H,30,31)(H2,29,32,34). The van der Waals surface area contributed by atoms with Crippen LogP contribution in [0.15, 0.2) is 41.2 Å². The number of rotatable bonds is 4. The van der Waals surface area contributed by atoms with Crippen LogP contribution in [-0.2, 0) is 4.74 Å². The van der Waals surface area contributed by atoms with Gasteiger partial charge >= 0.3 is 0 Å². The molecule has 0 bridgehead atoms. The van der Waals surface area contributed by atoms with Crippen LogP contribution in [0.3, 0.4) is 0 Å². The fraction of sp³-hybridized carbons (Fsp3) is 0.385. The molecule has 1 aliphatic heterocycles. The highest BCUT2D eigenvalue weighted by molar-refractivity contribution is 6.31. The van der Waals surface area contributed by atoms with Crippen molar-refractivity contribution in [2.75, 3.05) is 36.5 Å². The molecular formula is C26H29ClN6O2. The average molecular weight is 493 g/mol. The van der Waals surface area contributed by atoms with E-state index in [2.05, 4.69) is 32.3 Å². The van der Waals surface area contributed by atoms with Crippen LogP contribution in [0.2, 0.25) is 5.02 Å². The summed E-state index contributed by atoms with van der Waals surface area (Å²) in [6, 6.07) is 12.3. The van der Waals surface area contributed by atoms with Gasteiger partial charge in [-0.25, -0.2) is 4.98 Å². The number of imidazole rings is 1. The van der Waals surface area contributed by atoms with Crippen LogP contribution in [0.5, 0.6) is 0 Å². The minimum Gasteiger partial charge on any atom is -0.381 e. The van der Waals surface area contributed by atoms with Gasteiger partial charge in [-0.1, -0.05) is 11.6 Å². The summed E-state index contributed by atoms with van der Waals surface area (Å²) in [5.41, 5.74) is 10.7. The normalized spacial score (nSPS) is 21.0. The van der Waals surface area contributed by atoms with E-state index in [4.69, 9.17) is 27.1 Å². The number of anilines is 2. The zero-order valence-electron chi connectivity index (χ0n) is 19.4. The first-order valence-corrected chi connectivity index (χ1v) is 12.6. The van der Waals surface area contributed by atoms with Gasteiger partial charge in [0.2, 0.25) is 0 Å². The Morgan fingerprint density at radius 3 is 2.63 bits per heavy atom. The number of nitrogens with one attached hydrogen (secondary N) is 3. The maximum atomic E-state index is 13.4. The predicted molar refractivity (Wildman–Crippen MR) is 142 cm³/mol. The largest absolute Gasteiger partial charge is 0.381 e. The van der Waals surface area contributed by atoms with Gasteiger partial charge in [-0.3, -0.25) is 4.79 Å². The first kappa shape index (κ1) is 22.4. The molecule has 4 aromatic rings. The highest BCUT2D eigenvalue weighted by Gasteiger charge is 2.24. The molecule has 0 amide bonds. The van der Waals surface area contributed by atoms with Crippen LogP contribution in [0.1, 0.15) is 25.7 Å². The molecule has 35 heavy (non-hydrogen) atoms. The summed E-state index contributed by atoms with van der Waals surface area (Å²) in [6.45, 7) is 3.16. The van der Waals surface area contributed by atoms with Crippen LogP contribution >= 0.6 is 11.6 Å². The highest BCUT2D eigenvalue weighted by Crippen LogP contribution is 2.34. The van der Waals surface area contributed by atoms with Crippen LogP contribution < -0.4 is 21.5 Å². The average Bonchev–Trinajstić information content (AvgIpc) is 3.28. The summed E-state index contributed by atoms with van der Waals surface area (Å²) in [7, 11) is 0. The molecule has 1 aliphatic carbocycles. The molecule has 1 saturated carbocycles. The monoisotopic (exact) mass is 492 g/mol. The van der Waals surface area contributed by atoms with E-state index in [0.717, 1.165) is 79.8 Å². The summed E-state index contributed by atoms with van der Waals surface area (Å²) in [6.07, 6.45) is 3.86. The molecule has 0 atom stereocenters. The number of hydrogen-bond acceptors (Lipinski definition) is 6. The van der Waals surface area contributed by atoms with Gasteiger partial charge in [-0.15, -0.1) is 0 Å². The maximum absolute atomic E-state index is 13.4. The topological polar surface area (TPSA) is 112 Å². The van der Waals surface area contributed by atoms with Crippen molar-refractivity contribution in [2.45, 2.75) is 37.8 Å². The number of aromatic amines is 2. The molecule has 5 N–H and O–H groups in total. The Hall–Kier alpha value is -3.07. The second-order valence-electron chi connectivity index (χ2n) is 9.54. The van der Waals surface area contributed by atoms with Gasteiger partial charge in [0.15, 0.2) is 0 Å². The first-order valence-electron chi connectivity index (χ1n) is 12.3. The Morgan fingerprint density at radius 2 is 1.83 bits per heavy atom. The number of ether oxygens (including phenoxy) is 1. The minimum absolute atomic E-state index is 0.206. The third kappa shape index (κ3) is 4.37. The second-order valence-corrected chi connectivity index (χ2v) is 9.97. The Kier molecular flexibility index (Phi) is 5.88. The fourth-order valence-corrected chi connectivity index (χ4v) is 5.42. The minimum atomic E-state index is -0.206. The van der Waals surface area contributed by atoms with E-state index in [0.29, 0.717) is 21.9 Å². The summed E-state index contributed by atoms with van der Waals surface area (Å²) in [5, 5.41) is 5.17. The van der Waals surface area contributed by atoms with Crippen molar-refractivity contribution in [1.82, 2.24) is 15.0 Å². The lowest BCUT2D eigenvalue weighted by Gasteiger charge is -2.28. The zero-order chi connectivity index (χ0) is 23.9. The van der Waals surface area contributed by atoms with Gasteiger partial charge in [-0.05, 0) is 62.1 Å². The van der Waals surface area contributed by atoms with E-state index >= 15 is 0 Å². The number of hydrogen-bond donors (Lipinski definition) is 4. The molecule has 1 saturated heterocycles. The molecule has 2 aromatic carbocycles. The Labute approximate surface area is 207 Å². The molecule has 6 rings (SSSR count). The van der Waals surface area contributed by atoms with E-state index in [9.17, 15) is 4.79 Å². The maximum Gasteiger partial charge on any atom is 0.261 e. The SMILES string of the molecule is NC1CCC(Nc2c(-c3nc4cc(N5CCOCC5)ccc4[nH]3)c(=O)[nH]c3cc(Cl)ccc23)CC1. The molecule has 0 unspecified atom stereocenters. The molecule has 0 radical (unpaired) electrons. The number of fused-ring (bicyclic) bond motifs is 2. The number of halogens is 1. The second kappa shape index (κ2) is 9.18. The Morgan fingerprint density at radius 1 is 1.03 bits per heavy atom. The van der Waals surface area contributed by atoms with E-state index in [1.54, 1.807) is 6.07 Å². The molecule has 2 aliphatic rings. The lowest BCUT2D eigenvalue weighted by atomic mass is 9.91. The number of morpholine rings is 1. The molecule has 182 valence electrons. The third-order valence-corrected chi connectivity index (χ3v) is 7.41. The number of nitrogens with two attached hydrogens (primary N) is 1. The number of aromatic nitrogens is 3. The Bertz CT molecular complexity index is 1430. The van der Waals surface area contributed by atoms with E-state index in [1.165, 1.54) is 0 Å². The smallest absolute Gasteiger partial charge is 0.261 e. The van der Waals surface area contributed by atoms with Crippen LogP contribution in [0.4, 0.5) is 11.4 Å². The van der Waals surface area contributed by atoms with Gasteiger partial charge in [-0.2, -0.15) is 0 Å². The summed E-state index contributed by atoms with van der Waals surface area (Å²) >= 11 is 6.23. The van der Waals surface area contributed by atoms with E-state index in [-0.39, 0.29) is 17.6 Å². The lowest BCUT2D eigenvalue weighted by Crippen LogP contribution is -2.36. The van der Waals surface area contributed by atoms with Gasteiger partial charge in [0.1, 0.15) is 11.4 Å². The number of nitrogens with zero attached hydrogens (tertiary/aromatic N) is 2. The van der Waals surface area contributed by atoms with Crippen molar-refractivity contribution < 1.29 is 4.74 Å². The van der Waals surface area contributed by atoms with Crippen molar-refractivity contribution in [3.63, 3.8) is 0 Å². The van der Waals surface area contributed by atoms with Crippen LogP contribution in [-0.4, -0.2) is 53.3 Å². The van der Waals surface area contributed by atoms with E-state index in [1.807, 2.05) is 18.2 Å². The van der Waals surface area contributed by atoms with Crippen molar-refractivity contribution in [1.29, 1.82) is 0 Å². The van der Waals surface area contributed by atoms with Crippen LogP contribution in [0, 0.1) is 0 Å². The zero-order valence-corrected chi connectivity index (χ0v) is 20.2. The predicted octanol–water partition coefficient (Wildman–Crippen LogP) is 4.24. The van der Waals surface area contributed by atoms with Gasteiger partial charge in [0.05, 0.1) is 35.5 Å². The highest BCUT2D eigenvalue weighted by atomic mass is 35.5.